The number of carbonyl (C=O) groups excluding carboxylic acids is 12. The molecule has 20 nitrogen and oxygen atoms in total. The summed E-state index contributed by atoms with van der Waals surface area (Å²) in [5.41, 5.74) is -1.61. The number of thioether (sulfide) groups is 4. The lowest BCUT2D eigenvalue weighted by molar-refractivity contribution is -0.140. The van der Waals surface area contributed by atoms with E-state index in [2.05, 4.69) is 0 Å². The number of ketones is 4. The van der Waals surface area contributed by atoms with E-state index in [1.165, 1.54) is 45.2 Å². The number of carbonyl (C=O) groups is 12. The van der Waals surface area contributed by atoms with E-state index in [0.717, 1.165) is 35.3 Å². The Morgan fingerprint density at radius 2 is 0.740 bits per heavy atom. The fourth-order valence-corrected chi connectivity index (χ4v) is 12.3. The van der Waals surface area contributed by atoms with E-state index >= 15 is 0 Å². The van der Waals surface area contributed by atoms with Gasteiger partial charge in [-0.05, 0) is 39.5 Å². The summed E-state index contributed by atoms with van der Waals surface area (Å²) in [6.45, 7) is 10.7. The molecule has 0 N–H and O–H groups in total. The second-order valence-electron chi connectivity index (χ2n) is 19.6. The lowest BCUT2D eigenvalue weighted by atomic mass is 9.92. The Labute approximate surface area is 444 Å². The molecule has 0 aromatic heterocycles. The first kappa shape index (κ1) is 62.0. The van der Waals surface area contributed by atoms with Crippen LogP contribution >= 0.6 is 47.0 Å². The van der Waals surface area contributed by atoms with Gasteiger partial charge in [0.05, 0.1) is 75.9 Å². The minimum atomic E-state index is -1.03. The topological polar surface area (TPSA) is 255 Å². The third-order valence-corrected chi connectivity index (χ3v) is 17.3. The maximum absolute atomic E-state index is 13.2. The van der Waals surface area contributed by atoms with Crippen molar-refractivity contribution in [1.29, 1.82) is 0 Å². The summed E-state index contributed by atoms with van der Waals surface area (Å²) in [6.07, 6.45) is 1.49. The first-order valence-electron chi connectivity index (χ1n) is 24.8. The van der Waals surface area contributed by atoms with Crippen molar-refractivity contribution >= 4 is 117 Å². The zero-order valence-electron chi connectivity index (χ0n) is 42.9. The number of nitrogens with zero attached hydrogens (tertiary/aromatic N) is 4. The molecule has 4 atom stereocenters. The molecule has 4 heterocycles. The predicted octanol–water partition coefficient (Wildman–Crippen LogP) is 2.81. The molecule has 0 aliphatic carbocycles. The number of ether oxygens (including phenoxy) is 4. The number of hydrogen-bond donors (Lipinski definition) is 0. The third kappa shape index (κ3) is 19.5. The summed E-state index contributed by atoms with van der Waals surface area (Å²) in [7, 11) is 0. The van der Waals surface area contributed by atoms with Crippen molar-refractivity contribution in [3.05, 3.63) is 0 Å². The van der Waals surface area contributed by atoms with Gasteiger partial charge in [0, 0.05) is 90.1 Å². The van der Waals surface area contributed by atoms with Gasteiger partial charge in [0.15, 0.2) is 0 Å². The molecule has 24 heteroatoms. The lowest BCUT2D eigenvalue weighted by Gasteiger charge is -2.33. The molecule has 4 aliphatic heterocycles. The number of amides is 8. The molecule has 0 aromatic rings. The molecular formula is C49H72N4O16S4. The van der Waals surface area contributed by atoms with E-state index in [1.807, 2.05) is 0 Å². The van der Waals surface area contributed by atoms with E-state index in [4.69, 9.17) is 18.9 Å². The quantitative estimate of drug-likeness (QED) is 0.0640. The molecule has 4 saturated heterocycles. The average Bonchev–Trinajstić information content (AvgIpc) is 3.97. The van der Waals surface area contributed by atoms with Crippen LogP contribution in [-0.2, 0) is 76.5 Å². The third-order valence-electron chi connectivity index (χ3n) is 12.2. The summed E-state index contributed by atoms with van der Waals surface area (Å²) < 4.78 is 24.9. The fourth-order valence-electron chi connectivity index (χ4n) is 7.90. The van der Waals surface area contributed by atoms with Crippen LogP contribution in [0.3, 0.4) is 0 Å². The van der Waals surface area contributed by atoms with Gasteiger partial charge < -0.3 is 18.9 Å². The predicted molar refractivity (Wildman–Crippen MR) is 276 cm³/mol. The Hall–Kier alpha value is -3.52. The van der Waals surface area contributed by atoms with E-state index < -0.39 is 31.8 Å². The lowest BCUT2D eigenvalue weighted by Crippen LogP contribution is -2.43. The van der Waals surface area contributed by atoms with Crippen molar-refractivity contribution in [3.8, 4) is 0 Å². The molecule has 4 unspecified atom stereocenters. The van der Waals surface area contributed by atoms with Gasteiger partial charge in [0.1, 0.15) is 23.1 Å². The molecular weight excluding hydrogens is 1030 g/mol. The minimum absolute atomic E-state index is 0.00390. The standard InChI is InChI=1S/C49H72N4O16S4/c1-7-34(56)26-72-37-22-42(60)52(46(37)64)14-10-18-68-30-49(28-66-16-8-12-50-40(58)20-35(44(50)62)70-24-32(2)54,29-67-17-9-13-51-41(59)21-36(45(51)63)71-25-33(3)55)31-69-19-11-15-53-43(61)23-38(47(53)65)73-27-39(57)48(4,5)6/h35-38H,7-31H2,1-6H3. The van der Waals surface area contributed by atoms with Crippen molar-refractivity contribution in [2.24, 2.45) is 10.8 Å². The highest BCUT2D eigenvalue weighted by atomic mass is 32.2. The molecule has 0 saturated carbocycles. The number of rotatable bonds is 37. The normalized spacial score (nSPS) is 21.5. The van der Waals surface area contributed by atoms with Crippen LogP contribution in [-0.4, -0.2) is 213 Å². The molecule has 8 amide bonds. The molecule has 0 radical (unpaired) electrons. The number of imide groups is 4. The Bertz CT molecular complexity index is 1980. The van der Waals surface area contributed by atoms with Gasteiger partial charge in [-0.25, -0.2) is 0 Å². The van der Waals surface area contributed by atoms with Crippen LogP contribution in [0.4, 0.5) is 0 Å². The van der Waals surface area contributed by atoms with E-state index in [9.17, 15) is 57.5 Å². The molecule has 73 heavy (non-hydrogen) atoms. The highest BCUT2D eigenvalue weighted by molar-refractivity contribution is 8.02. The van der Waals surface area contributed by atoms with Crippen LogP contribution in [0.5, 0.6) is 0 Å². The van der Waals surface area contributed by atoms with Gasteiger partial charge in [-0.3, -0.25) is 77.1 Å². The summed E-state index contributed by atoms with van der Waals surface area (Å²) in [6, 6.07) is 0. The Morgan fingerprint density at radius 1 is 0.466 bits per heavy atom. The first-order valence-corrected chi connectivity index (χ1v) is 28.9. The van der Waals surface area contributed by atoms with Gasteiger partial charge in [-0.2, -0.15) is 0 Å². The monoisotopic (exact) mass is 1100 g/mol. The Kier molecular flexibility index (Phi) is 25.7. The zero-order chi connectivity index (χ0) is 53.9. The van der Waals surface area contributed by atoms with Gasteiger partial charge in [-0.1, -0.05) is 27.7 Å². The van der Waals surface area contributed by atoms with Crippen molar-refractivity contribution in [1.82, 2.24) is 19.6 Å². The maximum Gasteiger partial charge on any atom is 0.242 e. The van der Waals surface area contributed by atoms with Crippen molar-refractivity contribution in [2.75, 3.05) is 102 Å². The van der Waals surface area contributed by atoms with E-state index in [1.54, 1.807) is 27.7 Å². The smallest absolute Gasteiger partial charge is 0.242 e. The molecule has 408 valence electrons. The number of Topliss-reactive ketones (excluding diaryl/α,β-unsaturated/α-hetero) is 4. The first-order chi connectivity index (χ1) is 34.6. The second-order valence-corrected chi connectivity index (χ2v) is 24.4. The second kappa shape index (κ2) is 30.3. The molecule has 0 bridgehead atoms. The Morgan fingerprint density at radius 3 is 1.00 bits per heavy atom. The van der Waals surface area contributed by atoms with Crippen LogP contribution in [0.15, 0.2) is 0 Å². The Balaban J connectivity index is 1.42. The van der Waals surface area contributed by atoms with Gasteiger partial charge in [-0.15, -0.1) is 47.0 Å². The summed E-state index contributed by atoms with van der Waals surface area (Å²) >= 11 is 4.61. The number of hydrogen-bond acceptors (Lipinski definition) is 20. The van der Waals surface area contributed by atoms with Crippen LogP contribution < -0.4 is 0 Å². The average molecular weight is 1100 g/mol. The molecule has 4 fully saturated rings. The van der Waals surface area contributed by atoms with Crippen molar-refractivity contribution in [3.63, 3.8) is 0 Å². The molecule has 0 aromatic carbocycles. The van der Waals surface area contributed by atoms with E-state index in [0.29, 0.717) is 6.42 Å². The fraction of sp³-hybridized carbons (Fsp3) is 0.755. The maximum atomic E-state index is 13.2. The van der Waals surface area contributed by atoms with Crippen LogP contribution in [0.25, 0.3) is 0 Å². The van der Waals surface area contributed by atoms with Gasteiger partial charge in [0.25, 0.3) is 0 Å². The summed E-state index contributed by atoms with van der Waals surface area (Å²) in [5.74, 6) is -2.49. The van der Waals surface area contributed by atoms with Crippen molar-refractivity contribution < 1.29 is 76.5 Å². The van der Waals surface area contributed by atoms with Crippen LogP contribution in [0, 0.1) is 10.8 Å². The van der Waals surface area contributed by atoms with Gasteiger partial charge >= 0.3 is 0 Å². The van der Waals surface area contributed by atoms with Crippen molar-refractivity contribution in [2.45, 2.75) is 120 Å². The largest absolute Gasteiger partial charge is 0.381 e. The zero-order valence-corrected chi connectivity index (χ0v) is 46.2. The van der Waals surface area contributed by atoms with E-state index in [-0.39, 0.29) is 224 Å². The SMILES string of the molecule is CCC(=O)CSC1CC(=O)N(CCCOCC(COCCCN2C(=O)CC(SCC(C)=O)C2=O)(COCCCN2C(=O)CC(SCC(C)=O)C2=O)COCCCN2C(=O)CC(SCC(=O)C(C)(C)C)C2=O)C1=O. The van der Waals surface area contributed by atoms with Crippen LogP contribution in [0.1, 0.15) is 99.3 Å². The molecule has 4 aliphatic rings. The highest BCUT2D eigenvalue weighted by Crippen LogP contribution is 2.31. The summed E-state index contributed by atoms with van der Waals surface area (Å²) in [4.78, 5) is 156. The molecule has 0 spiro atoms. The van der Waals surface area contributed by atoms with Crippen LogP contribution in [0.2, 0.25) is 0 Å². The van der Waals surface area contributed by atoms with Gasteiger partial charge in [0.2, 0.25) is 47.3 Å². The molecule has 4 rings (SSSR count). The number of likely N-dealkylation sites (tertiary alicyclic amines) is 4. The summed E-state index contributed by atoms with van der Waals surface area (Å²) in [5, 5.41) is -2.54. The minimum Gasteiger partial charge on any atom is -0.381 e. The highest BCUT2D eigenvalue weighted by Gasteiger charge is 2.42.